The van der Waals surface area contributed by atoms with E-state index in [1.807, 2.05) is 27.7 Å². The Morgan fingerprint density at radius 1 is 0.898 bits per heavy atom. The minimum atomic E-state index is -0.994. The summed E-state index contributed by atoms with van der Waals surface area (Å²) >= 11 is 0. The summed E-state index contributed by atoms with van der Waals surface area (Å²) < 4.78 is 0. The molecule has 5 amide bonds. The molecule has 4 N–H and O–H groups in total. The number of hydrogen-bond donors (Lipinski definition) is 4. The van der Waals surface area contributed by atoms with Gasteiger partial charge in [0.25, 0.3) is 11.8 Å². The van der Waals surface area contributed by atoms with Gasteiger partial charge in [-0.3, -0.25) is 33.8 Å². The molecule has 0 radical (unpaired) electrons. The molecule has 4 fully saturated rings. The molecule has 49 heavy (non-hydrogen) atoms. The molecule has 3 saturated carbocycles. The van der Waals surface area contributed by atoms with Crippen molar-refractivity contribution in [2.45, 2.75) is 135 Å². The number of nitrogens with one attached hydrogen (secondary N) is 4. The van der Waals surface area contributed by atoms with Crippen LogP contribution in [0.1, 0.15) is 115 Å². The number of rotatable bonds is 13. The average molecular weight is 680 g/mol. The zero-order valence-electron chi connectivity index (χ0n) is 29.3. The van der Waals surface area contributed by atoms with Crippen molar-refractivity contribution in [3.63, 3.8) is 0 Å². The maximum absolute atomic E-state index is 14.6. The number of Topliss-reactive ketones (excluding diaryl/α,β-unsaturated/α-hetero) is 1. The van der Waals surface area contributed by atoms with E-state index in [9.17, 15) is 28.8 Å². The third-order valence-corrected chi connectivity index (χ3v) is 10.7. The number of hydrogen-bond acceptors (Lipinski definition) is 8. The quantitative estimate of drug-likeness (QED) is 0.230. The summed E-state index contributed by atoms with van der Waals surface area (Å²) in [7, 11) is 0. The van der Waals surface area contributed by atoms with Crippen LogP contribution in [-0.4, -0.2) is 86.9 Å². The fourth-order valence-corrected chi connectivity index (χ4v) is 7.87. The van der Waals surface area contributed by atoms with Crippen LogP contribution in [0.2, 0.25) is 0 Å². The molecule has 0 aromatic carbocycles. The Morgan fingerprint density at radius 2 is 1.63 bits per heavy atom. The van der Waals surface area contributed by atoms with Crippen LogP contribution in [0.15, 0.2) is 18.6 Å². The molecule has 13 heteroatoms. The van der Waals surface area contributed by atoms with E-state index < -0.39 is 59.0 Å². The SMILES string of the molecule is CCC[C@H](NC(=O)[C@@H]1[C@H]2CCC[C@H]2CN1C(=O)[C@@H](NC(=O)[C@H](NC(=O)c1cnccn1)C1CCCCC1)C(C)(C)C)C(=O)C(=O)NC1CC1. The van der Waals surface area contributed by atoms with Crippen LogP contribution in [0, 0.1) is 23.2 Å². The van der Waals surface area contributed by atoms with Crippen molar-refractivity contribution < 1.29 is 28.8 Å². The number of nitrogens with zero attached hydrogens (tertiary/aromatic N) is 3. The highest BCUT2D eigenvalue weighted by Crippen LogP contribution is 2.43. The topological polar surface area (TPSA) is 180 Å². The van der Waals surface area contributed by atoms with Gasteiger partial charge in [-0.25, -0.2) is 4.98 Å². The lowest BCUT2D eigenvalue weighted by Gasteiger charge is -2.38. The van der Waals surface area contributed by atoms with E-state index in [4.69, 9.17) is 0 Å². The van der Waals surface area contributed by atoms with E-state index in [1.165, 1.54) is 18.6 Å². The fraction of sp³-hybridized carbons (Fsp3) is 0.722. The van der Waals surface area contributed by atoms with Crippen LogP contribution in [0.5, 0.6) is 0 Å². The average Bonchev–Trinajstić information content (AvgIpc) is 3.65. The molecule has 1 saturated heterocycles. The number of carbonyl (C=O) groups excluding carboxylic acids is 6. The minimum absolute atomic E-state index is 0.0132. The Hall–Kier alpha value is -3.90. The van der Waals surface area contributed by atoms with E-state index in [0.29, 0.717) is 19.4 Å². The van der Waals surface area contributed by atoms with Crippen LogP contribution >= 0.6 is 0 Å². The molecule has 0 unspecified atom stereocenters. The van der Waals surface area contributed by atoms with Crippen LogP contribution in [0.4, 0.5) is 0 Å². The van der Waals surface area contributed by atoms with Crippen molar-refractivity contribution in [2.75, 3.05) is 6.54 Å². The summed E-state index contributed by atoms with van der Waals surface area (Å²) in [6.45, 7) is 7.85. The molecule has 2 heterocycles. The highest BCUT2D eigenvalue weighted by Gasteiger charge is 2.52. The van der Waals surface area contributed by atoms with Crippen molar-refractivity contribution in [2.24, 2.45) is 23.2 Å². The lowest BCUT2D eigenvalue weighted by atomic mass is 9.82. The Bertz CT molecular complexity index is 1390. The summed E-state index contributed by atoms with van der Waals surface area (Å²) in [5.74, 6) is -3.20. The van der Waals surface area contributed by atoms with E-state index in [1.54, 1.807) is 4.90 Å². The van der Waals surface area contributed by atoms with Gasteiger partial charge in [0.2, 0.25) is 23.5 Å². The van der Waals surface area contributed by atoms with Gasteiger partial charge in [-0.2, -0.15) is 0 Å². The van der Waals surface area contributed by atoms with Gasteiger partial charge < -0.3 is 26.2 Å². The van der Waals surface area contributed by atoms with Gasteiger partial charge in [0, 0.05) is 25.0 Å². The molecule has 0 bridgehead atoms. The summed E-state index contributed by atoms with van der Waals surface area (Å²) in [5, 5.41) is 11.5. The van der Waals surface area contributed by atoms with Crippen molar-refractivity contribution in [1.29, 1.82) is 0 Å². The molecule has 1 aliphatic heterocycles. The Kier molecular flexibility index (Phi) is 11.7. The zero-order chi connectivity index (χ0) is 35.3. The second-order valence-corrected chi connectivity index (χ2v) is 15.5. The monoisotopic (exact) mass is 679 g/mol. The van der Waals surface area contributed by atoms with Gasteiger partial charge in [0.1, 0.15) is 23.8 Å². The fourth-order valence-electron chi connectivity index (χ4n) is 7.87. The first-order valence-electron chi connectivity index (χ1n) is 18.2. The second-order valence-electron chi connectivity index (χ2n) is 15.5. The minimum Gasteiger partial charge on any atom is -0.347 e. The first-order chi connectivity index (χ1) is 23.4. The van der Waals surface area contributed by atoms with Gasteiger partial charge in [0.15, 0.2) is 0 Å². The van der Waals surface area contributed by atoms with E-state index >= 15 is 0 Å². The van der Waals surface area contributed by atoms with E-state index in [0.717, 1.165) is 64.2 Å². The standard InChI is InChI=1S/C36H53N7O6/c1-5-10-25(29(44)34(48)39-23-15-16-23)40-33(47)28-24-14-9-13-22(24)20-43(28)35(49)30(36(2,3)4)42-32(46)27(21-11-7-6-8-12-21)41-31(45)26-19-37-17-18-38-26/h17-19,21-25,27-28,30H,5-16,20H2,1-4H3,(H,39,48)(H,40,47)(H,41,45)(H,42,46)/t22-,24-,25-,27+,28-,30+/m0/s1. The highest BCUT2D eigenvalue weighted by atomic mass is 16.2. The smallest absolute Gasteiger partial charge is 0.289 e. The van der Waals surface area contributed by atoms with Gasteiger partial charge in [-0.15, -0.1) is 0 Å². The molecule has 5 rings (SSSR count). The van der Waals surface area contributed by atoms with Crippen LogP contribution in [0.3, 0.4) is 0 Å². The predicted octanol–water partition coefficient (Wildman–Crippen LogP) is 2.45. The third kappa shape index (κ3) is 8.83. The Morgan fingerprint density at radius 3 is 2.27 bits per heavy atom. The highest BCUT2D eigenvalue weighted by molar-refractivity contribution is 6.38. The number of carbonyl (C=O) groups is 6. The molecule has 1 aromatic rings. The first-order valence-corrected chi connectivity index (χ1v) is 18.2. The van der Waals surface area contributed by atoms with Crippen molar-refractivity contribution in [3.05, 3.63) is 24.3 Å². The molecule has 4 aliphatic rings. The van der Waals surface area contributed by atoms with Gasteiger partial charge in [-0.05, 0) is 68.1 Å². The molecular weight excluding hydrogens is 626 g/mol. The lowest BCUT2D eigenvalue weighted by molar-refractivity contribution is -0.146. The Balaban J connectivity index is 1.36. The predicted molar refractivity (Wildman–Crippen MR) is 181 cm³/mol. The number of aromatic nitrogens is 2. The largest absolute Gasteiger partial charge is 0.347 e. The molecule has 3 aliphatic carbocycles. The molecule has 268 valence electrons. The van der Waals surface area contributed by atoms with Crippen molar-refractivity contribution in [3.8, 4) is 0 Å². The van der Waals surface area contributed by atoms with Crippen molar-refractivity contribution >= 4 is 35.3 Å². The summed E-state index contributed by atoms with van der Waals surface area (Å²) in [5.41, 5.74) is -0.638. The lowest BCUT2D eigenvalue weighted by Crippen LogP contribution is -2.62. The summed E-state index contributed by atoms with van der Waals surface area (Å²) in [6.07, 6.45) is 13.9. The maximum atomic E-state index is 14.6. The normalized spacial score (nSPS) is 24.2. The zero-order valence-corrected chi connectivity index (χ0v) is 29.3. The molecule has 1 aromatic heterocycles. The number of fused-ring (bicyclic) bond motifs is 1. The summed E-state index contributed by atoms with van der Waals surface area (Å²) in [6, 6.07) is -3.68. The summed E-state index contributed by atoms with van der Waals surface area (Å²) in [4.78, 5) is 91.4. The third-order valence-electron chi connectivity index (χ3n) is 10.7. The number of amides is 5. The maximum Gasteiger partial charge on any atom is 0.289 e. The van der Waals surface area contributed by atoms with Crippen LogP contribution in [-0.2, 0) is 24.0 Å². The molecule has 6 atom stereocenters. The van der Waals surface area contributed by atoms with Gasteiger partial charge in [0.05, 0.1) is 12.2 Å². The molecule has 13 nitrogen and oxygen atoms in total. The van der Waals surface area contributed by atoms with E-state index in [2.05, 4.69) is 31.2 Å². The van der Waals surface area contributed by atoms with Gasteiger partial charge >= 0.3 is 0 Å². The van der Waals surface area contributed by atoms with Crippen LogP contribution < -0.4 is 21.3 Å². The van der Waals surface area contributed by atoms with Gasteiger partial charge in [-0.1, -0.05) is 59.8 Å². The second kappa shape index (κ2) is 15.8. The number of likely N-dealkylation sites (tertiary alicyclic amines) is 1. The van der Waals surface area contributed by atoms with E-state index in [-0.39, 0.29) is 35.4 Å². The first kappa shape index (κ1) is 36.4. The van der Waals surface area contributed by atoms with Crippen molar-refractivity contribution in [1.82, 2.24) is 36.1 Å². The number of ketones is 1. The molecular formula is C36H53N7O6. The van der Waals surface area contributed by atoms with Crippen LogP contribution in [0.25, 0.3) is 0 Å². The molecule has 0 spiro atoms. The Labute approximate surface area is 288 Å².